The molecule has 2 aromatic rings. The average molecular weight is 420 g/mol. The van der Waals surface area contributed by atoms with E-state index < -0.39 is 36.4 Å². The molecule has 0 fully saturated rings. The summed E-state index contributed by atoms with van der Waals surface area (Å²) in [7, 11) is 0. The molecule has 0 bridgehead atoms. The van der Waals surface area contributed by atoms with Gasteiger partial charge in [-0.3, -0.25) is 0 Å². The highest BCUT2D eigenvalue weighted by atomic mass is 35.5. The summed E-state index contributed by atoms with van der Waals surface area (Å²) >= 11 is 0. The predicted molar refractivity (Wildman–Crippen MR) is 84.4 cm³/mol. The van der Waals surface area contributed by atoms with Crippen LogP contribution in [0.4, 0.5) is 30.7 Å². The van der Waals surface area contributed by atoms with Crippen molar-refractivity contribution in [1.29, 1.82) is 0 Å². The van der Waals surface area contributed by atoms with Crippen molar-refractivity contribution in [2.75, 3.05) is 0 Å². The minimum atomic E-state index is -4.84. The number of rotatable bonds is 6. The summed E-state index contributed by atoms with van der Waals surface area (Å²) in [5.41, 5.74) is 6.51. The zero-order chi connectivity index (χ0) is 19.5. The Morgan fingerprint density at radius 2 is 1.37 bits per heavy atom. The van der Waals surface area contributed by atoms with E-state index in [4.69, 9.17) is 5.73 Å². The Bertz CT molecular complexity index is 738. The lowest BCUT2D eigenvalue weighted by atomic mass is 9.99. The third-order valence-electron chi connectivity index (χ3n) is 3.20. The Hall–Kier alpha value is -2.20. The molecule has 3 nitrogen and oxygen atoms in total. The molecule has 1 atom stereocenters. The van der Waals surface area contributed by atoms with Gasteiger partial charge in [-0.2, -0.15) is 17.6 Å². The van der Waals surface area contributed by atoms with Crippen LogP contribution in [0.25, 0.3) is 0 Å². The number of ether oxygens (including phenoxy) is 2. The summed E-state index contributed by atoms with van der Waals surface area (Å²) in [4.78, 5) is 0. The van der Waals surface area contributed by atoms with Gasteiger partial charge in [0.15, 0.2) is 0 Å². The predicted octanol–water partition coefficient (Wildman–Crippen LogP) is 5.29. The normalized spacial score (nSPS) is 13.1. The summed E-state index contributed by atoms with van der Waals surface area (Å²) < 4.78 is 94.4. The van der Waals surface area contributed by atoms with Crippen LogP contribution in [0.5, 0.6) is 11.5 Å². The SMILES string of the molecule is Cl.N[C@@H](c1ccc(OC(F)(F)F)cc1)c1cccc(OC(F)(F)C(F)F)c1. The maximum atomic E-state index is 13.0. The van der Waals surface area contributed by atoms with Gasteiger partial charge < -0.3 is 15.2 Å². The first-order valence-electron chi connectivity index (χ1n) is 7.04. The van der Waals surface area contributed by atoms with Gasteiger partial charge in [0.05, 0.1) is 6.04 Å². The van der Waals surface area contributed by atoms with Gasteiger partial charge >= 0.3 is 18.9 Å². The maximum Gasteiger partial charge on any atom is 0.573 e. The lowest BCUT2D eigenvalue weighted by molar-refractivity contribution is -0.274. The zero-order valence-electron chi connectivity index (χ0n) is 13.2. The fourth-order valence-corrected chi connectivity index (χ4v) is 2.04. The second-order valence-electron chi connectivity index (χ2n) is 5.13. The van der Waals surface area contributed by atoms with E-state index in [1.165, 1.54) is 24.3 Å². The van der Waals surface area contributed by atoms with E-state index in [1.54, 1.807) is 0 Å². The van der Waals surface area contributed by atoms with E-state index in [1.807, 2.05) is 0 Å². The number of nitrogens with two attached hydrogens (primary N) is 1. The fourth-order valence-electron chi connectivity index (χ4n) is 2.04. The molecule has 0 aliphatic rings. The van der Waals surface area contributed by atoms with Gasteiger partial charge in [-0.05, 0) is 35.4 Å². The molecule has 2 aromatic carbocycles. The second kappa shape index (κ2) is 8.66. The molecule has 150 valence electrons. The van der Waals surface area contributed by atoms with Gasteiger partial charge in [0.25, 0.3) is 0 Å². The third-order valence-corrected chi connectivity index (χ3v) is 3.20. The Morgan fingerprint density at radius 1 is 0.778 bits per heavy atom. The molecule has 0 aromatic heterocycles. The average Bonchev–Trinajstić information content (AvgIpc) is 2.53. The molecule has 0 saturated heterocycles. The lowest BCUT2D eigenvalue weighted by Gasteiger charge is -2.19. The van der Waals surface area contributed by atoms with Crippen LogP contribution < -0.4 is 15.2 Å². The van der Waals surface area contributed by atoms with Crippen molar-refractivity contribution in [3.05, 3.63) is 59.7 Å². The first-order valence-corrected chi connectivity index (χ1v) is 7.04. The van der Waals surface area contributed by atoms with Crippen LogP contribution in [-0.2, 0) is 0 Å². The van der Waals surface area contributed by atoms with Gasteiger partial charge in [0.2, 0.25) is 0 Å². The molecule has 2 N–H and O–H groups in total. The van der Waals surface area contributed by atoms with Crippen LogP contribution in [0.2, 0.25) is 0 Å². The first kappa shape index (κ1) is 22.8. The Kier molecular flexibility index (Phi) is 7.32. The summed E-state index contributed by atoms with van der Waals surface area (Å²) in [6.07, 6.45) is -13.5. The Balaban J connectivity index is 0.00000364. The summed E-state index contributed by atoms with van der Waals surface area (Å²) in [5.74, 6) is -0.984. The molecule has 27 heavy (non-hydrogen) atoms. The largest absolute Gasteiger partial charge is 0.573 e. The van der Waals surface area contributed by atoms with Gasteiger partial charge in [0.1, 0.15) is 11.5 Å². The Labute approximate surface area is 155 Å². The summed E-state index contributed by atoms with van der Waals surface area (Å²) in [5, 5.41) is 0. The smallest absolute Gasteiger partial charge is 0.428 e. The number of hydrogen-bond acceptors (Lipinski definition) is 3. The van der Waals surface area contributed by atoms with Gasteiger partial charge in [0, 0.05) is 0 Å². The number of benzene rings is 2. The van der Waals surface area contributed by atoms with Gasteiger partial charge in [-0.25, -0.2) is 0 Å². The van der Waals surface area contributed by atoms with Crippen molar-refractivity contribution >= 4 is 12.4 Å². The number of alkyl halides is 7. The number of halogens is 8. The highest BCUT2D eigenvalue weighted by Crippen LogP contribution is 2.31. The Morgan fingerprint density at radius 3 is 1.89 bits per heavy atom. The van der Waals surface area contributed by atoms with Gasteiger partial charge in [-0.1, -0.05) is 24.3 Å². The minimum absolute atomic E-state index is 0. The second-order valence-corrected chi connectivity index (χ2v) is 5.13. The molecule has 0 radical (unpaired) electrons. The molecular weight excluding hydrogens is 407 g/mol. The molecule has 0 saturated carbocycles. The molecular formula is C16H13ClF7NO2. The molecule has 0 aliphatic heterocycles. The number of hydrogen-bond donors (Lipinski definition) is 1. The summed E-state index contributed by atoms with van der Waals surface area (Å²) in [6, 6.07) is 8.46. The molecule has 0 aliphatic carbocycles. The van der Waals surface area contributed by atoms with Gasteiger partial charge in [-0.15, -0.1) is 25.6 Å². The monoisotopic (exact) mass is 419 g/mol. The highest BCUT2D eigenvalue weighted by Gasteiger charge is 2.44. The van der Waals surface area contributed by atoms with E-state index in [-0.39, 0.29) is 18.0 Å². The van der Waals surface area contributed by atoms with E-state index in [9.17, 15) is 30.7 Å². The molecule has 0 spiro atoms. The van der Waals surface area contributed by atoms with Crippen molar-refractivity contribution < 1.29 is 40.2 Å². The topological polar surface area (TPSA) is 44.5 Å². The van der Waals surface area contributed by atoms with Crippen LogP contribution in [0.15, 0.2) is 48.5 Å². The first-order chi connectivity index (χ1) is 12.0. The molecule has 11 heteroatoms. The van der Waals surface area contributed by atoms with Crippen LogP contribution >= 0.6 is 12.4 Å². The van der Waals surface area contributed by atoms with E-state index in [2.05, 4.69) is 9.47 Å². The lowest BCUT2D eigenvalue weighted by Crippen LogP contribution is -2.33. The standard InChI is InChI=1S/C16H12F7NO2.ClH/c17-14(18)15(19,20)25-12-3-1-2-10(8-12)13(24)9-4-6-11(7-5-9)26-16(21,22)23;/h1-8,13-14H,24H2;1H/t13-;/m0./s1. The van der Waals surface area contributed by atoms with Crippen LogP contribution in [0, 0.1) is 0 Å². The third kappa shape index (κ3) is 6.47. The van der Waals surface area contributed by atoms with Crippen LogP contribution in [0.1, 0.15) is 17.2 Å². The highest BCUT2D eigenvalue weighted by molar-refractivity contribution is 5.85. The van der Waals surface area contributed by atoms with Crippen molar-refractivity contribution in [1.82, 2.24) is 0 Å². The van der Waals surface area contributed by atoms with Crippen LogP contribution in [0.3, 0.4) is 0 Å². The molecule has 0 unspecified atom stereocenters. The maximum absolute atomic E-state index is 13.0. The summed E-state index contributed by atoms with van der Waals surface area (Å²) in [6.45, 7) is 0. The van der Waals surface area contributed by atoms with Crippen molar-refractivity contribution in [2.24, 2.45) is 5.73 Å². The molecule has 0 amide bonds. The van der Waals surface area contributed by atoms with Crippen LogP contribution in [-0.4, -0.2) is 18.9 Å². The molecule has 0 heterocycles. The molecule has 2 rings (SSSR count). The fraction of sp³-hybridized carbons (Fsp3) is 0.250. The minimum Gasteiger partial charge on any atom is -0.428 e. The quantitative estimate of drug-likeness (QED) is 0.647. The van der Waals surface area contributed by atoms with Crippen molar-refractivity contribution in [3.63, 3.8) is 0 Å². The van der Waals surface area contributed by atoms with E-state index in [0.717, 1.165) is 24.3 Å². The van der Waals surface area contributed by atoms with Crippen molar-refractivity contribution in [2.45, 2.75) is 24.9 Å². The van der Waals surface area contributed by atoms with Crippen molar-refractivity contribution in [3.8, 4) is 11.5 Å². The van der Waals surface area contributed by atoms with E-state index >= 15 is 0 Å². The zero-order valence-corrected chi connectivity index (χ0v) is 14.0. The van der Waals surface area contributed by atoms with E-state index in [0.29, 0.717) is 5.56 Å².